The van der Waals surface area contributed by atoms with Gasteiger partial charge in [0, 0.05) is 13.6 Å². The lowest BCUT2D eigenvalue weighted by atomic mass is 10.1. The number of rotatable bonds is 5. The minimum Gasteiger partial charge on any atom is -0.444 e. The van der Waals surface area contributed by atoms with Gasteiger partial charge in [-0.1, -0.05) is 29.8 Å². The lowest BCUT2D eigenvalue weighted by Crippen LogP contribution is -2.37. The fraction of sp³-hybridized carbons (Fsp3) is 0.412. The number of nitrogens with zero attached hydrogens (tertiary/aromatic N) is 2. The Bertz CT molecular complexity index is 626. The second-order valence-corrected chi connectivity index (χ2v) is 5.34. The Labute approximate surface area is 131 Å². The van der Waals surface area contributed by atoms with Gasteiger partial charge in [0.2, 0.25) is 5.89 Å². The molecule has 0 saturated carbocycles. The highest BCUT2D eigenvalue weighted by atomic mass is 16.4. The molecule has 0 unspecified atom stereocenters. The number of aryl methyl sites for hydroxylation is 3. The van der Waals surface area contributed by atoms with Crippen LogP contribution in [0.5, 0.6) is 0 Å². The van der Waals surface area contributed by atoms with Gasteiger partial charge in [-0.15, -0.1) is 0 Å². The van der Waals surface area contributed by atoms with E-state index in [9.17, 15) is 0 Å². The van der Waals surface area contributed by atoms with E-state index in [-0.39, 0.29) is 0 Å². The van der Waals surface area contributed by atoms with Crippen molar-refractivity contribution in [1.29, 1.82) is 0 Å². The molecule has 2 N–H and O–H groups in total. The summed E-state index contributed by atoms with van der Waals surface area (Å²) in [5.74, 6) is 2.29. The van der Waals surface area contributed by atoms with Gasteiger partial charge in [0.25, 0.3) is 0 Å². The second-order valence-electron chi connectivity index (χ2n) is 5.34. The highest BCUT2D eigenvalue weighted by Crippen LogP contribution is 2.07. The number of guanidine groups is 1. The molecule has 0 spiro atoms. The number of hydrogen-bond donors (Lipinski definition) is 2. The van der Waals surface area contributed by atoms with E-state index in [2.05, 4.69) is 51.8 Å². The smallest absolute Gasteiger partial charge is 0.214 e. The van der Waals surface area contributed by atoms with Crippen molar-refractivity contribution in [2.24, 2.45) is 4.99 Å². The maximum atomic E-state index is 5.54. The first kappa shape index (κ1) is 16.1. The fourth-order valence-electron chi connectivity index (χ4n) is 2.19. The van der Waals surface area contributed by atoms with E-state index in [1.807, 2.05) is 13.8 Å². The topological polar surface area (TPSA) is 62.5 Å². The number of oxazole rings is 1. The first-order chi connectivity index (χ1) is 10.6. The van der Waals surface area contributed by atoms with E-state index in [0.717, 1.165) is 30.4 Å². The molecule has 0 aliphatic heterocycles. The molecule has 5 heteroatoms. The van der Waals surface area contributed by atoms with Crippen LogP contribution in [0.4, 0.5) is 0 Å². The van der Waals surface area contributed by atoms with Crippen LogP contribution in [0.25, 0.3) is 0 Å². The van der Waals surface area contributed by atoms with Gasteiger partial charge in [0.15, 0.2) is 5.96 Å². The molecule has 0 aliphatic rings. The van der Waals surface area contributed by atoms with Crippen molar-refractivity contribution in [2.75, 3.05) is 13.6 Å². The monoisotopic (exact) mass is 300 g/mol. The number of aliphatic imine (C=N–C) groups is 1. The zero-order valence-electron chi connectivity index (χ0n) is 13.7. The number of nitrogens with one attached hydrogen (secondary N) is 2. The van der Waals surface area contributed by atoms with Crippen molar-refractivity contribution < 1.29 is 4.42 Å². The fourth-order valence-corrected chi connectivity index (χ4v) is 2.19. The predicted molar refractivity (Wildman–Crippen MR) is 89.1 cm³/mol. The van der Waals surface area contributed by atoms with Crippen molar-refractivity contribution in [2.45, 2.75) is 33.7 Å². The summed E-state index contributed by atoms with van der Waals surface area (Å²) in [5, 5.41) is 6.51. The van der Waals surface area contributed by atoms with Gasteiger partial charge in [0.1, 0.15) is 5.76 Å². The van der Waals surface area contributed by atoms with Crippen LogP contribution in [-0.2, 0) is 13.0 Å². The molecule has 0 amide bonds. The molecule has 0 bridgehead atoms. The zero-order chi connectivity index (χ0) is 15.9. The molecular weight excluding hydrogens is 276 g/mol. The SMILES string of the molecule is CN=C(NCCc1cccc(C)c1)NCc1nc(C)c(C)o1. The molecular formula is C17H24N4O. The van der Waals surface area contributed by atoms with E-state index in [4.69, 9.17) is 4.42 Å². The zero-order valence-corrected chi connectivity index (χ0v) is 13.7. The van der Waals surface area contributed by atoms with Crippen LogP contribution in [0.3, 0.4) is 0 Å². The summed E-state index contributed by atoms with van der Waals surface area (Å²) in [6, 6.07) is 8.54. The first-order valence-corrected chi connectivity index (χ1v) is 7.51. The summed E-state index contributed by atoms with van der Waals surface area (Å²) in [6.45, 7) is 7.32. The molecule has 1 heterocycles. The van der Waals surface area contributed by atoms with Crippen LogP contribution in [0.2, 0.25) is 0 Å². The first-order valence-electron chi connectivity index (χ1n) is 7.51. The second kappa shape index (κ2) is 7.64. The summed E-state index contributed by atoms with van der Waals surface area (Å²) in [4.78, 5) is 8.55. The maximum Gasteiger partial charge on any atom is 0.214 e. The molecule has 0 saturated heterocycles. The molecule has 2 aromatic rings. The Balaban J connectivity index is 1.78. The van der Waals surface area contributed by atoms with Crippen molar-refractivity contribution in [3.05, 3.63) is 52.7 Å². The van der Waals surface area contributed by atoms with Crippen molar-refractivity contribution in [3.8, 4) is 0 Å². The largest absolute Gasteiger partial charge is 0.444 e. The Morgan fingerprint density at radius 2 is 2.05 bits per heavy atom. The molecule has 2 rings (SSSR count). The van der Waals surface area contributed by atoms with Gasteiger partial charge in [-0.2, -0.15) is 0 Å². The van der Waals surface area contributed by atoms with Crippen LogP contribution in [0.15, 0.2) is 33.7 Å². The lowest BCUT2D eigenvalue weighted by Gasteiger charge is -2.10. The van der Waals surface area contributed by atoms with E-state index in [1.54, 1.807) is 7.05 Å². The normalized spacial score (nSPS) is 11.5. The maximum absolute atomic E-state index is 5.54. The van der Waals surface area contributed by atoms with Crippen LogP contribution in [0.1, 0.15) is 28.5 Å². The summed E-state index contributed by atoms with van der Waals surface area (Å²) < 4.78 is 5.54. The van der Waals surface area contributed by atoms with Crippen molar-refractivity contribution >= 4 is 5.96 Å². The lowest BCUT2D eigenvalue weighted by molar-refractivity contribution is 0.464. The molecule has 1 aromatic heterocycles. The molecule has 1 aromatic carbocycles. The number of aromatic nitrogens is 1. The van der Waals surface area contributed by atoms with E-state index in [0.29, 0.717) is 12.4 Å². The van der Waals surface area contributed by atoms with Crippen LogP contribution in [-0.4, -0.2) is 24.5 Å². The molecule has 118 valence electrons. The van der Waals surface area contributed by atoms with Crippen molar-refractivity contribution in [1.82, 2.24) is 15.6 Å². The van der Waals surface area contributed by atoms with Gasteiger partial charge in [-0.3, -0.25) is 4.99 Å². The van der Waals surface area contributed by atoms with Crippen LogP contribution in [0, 0.1) is 20.8 Å². The third-order valence-electron chi connectivity index (χ3n) is 3.49. The minimum atomic E-state index is 0.527. The molecule has 0 atom stereocenters. The molecule has 0 aliphatic carbocycles. The van der Waals surface area contributed by atoms with Crippen molar-refractivity contribution in [3.63, 3.8) is 0 Å². The van der Waals surface area contributed by atoms with Gasteiger partial charge >= 0.3 is 0 Å². The standard InChI is InChI=1S/C17H24N4O/c1-12-6-5-7-15(10-12)8-9-19-17(18-4)20-11-16-21-13(2)14(3)22-16/h5-7,10H,8-9,11H2,1-4H3,(H2,18,19,20). The highest BCUT2D eigenvalue weighted by molar-refractivity contribution is 5.79. The Morgan fingerprint density at radius 3 is 2.68 bits per heavy atom. The summed E-state index contributed by atoms with van der Waals surface area (Å²) >= 11 is 0. The molecule has 0 radical (unpaired) electrons. The average molecular weight is 300 g/mol. The van der Waals surface area contributed by atoms with Gasteiger partial charge < -0.3 is 15.1 Å². The third-order valence-corrected chi connectivity index (χ3v) is 3.49. The molecule has 0 fully saturated rings. The summed E-state index contributed by atoms with van der Waals surface area (Å²) in [6.07, 6.45) is 0.958. The quantitative estimate of drug-likeness (QED) is 0.658. The summed E-state index contributed by atoms with van der Waals surface area (Å²) in [7, 11) is 1.76. The Kier molecular flexibility index (Phi) is 5.58. The minimum absolute atomic E-state index is 0.527. The average Bonchev–Trinajstić information content (AvgIpc) is 2.81. The molecule has 22 heavy (non-hydrogen) atoms. The number of benzene rings is 1. The van der Waals surface area contributed by atoms with E-state index in [1.165, 1.54) is 11.1 Å². The van der Waals surface area contributed by atoms with Gasteiger partial charge in [-0.25, -0.2) is 4.98 Å². The summed E-state index contributed by atoms with van der Waals surface area (Å²) in [5.41, 5.74) is 3.54. The van der Waals surface area contributed by atoms with Gasteiger partial charge in [-0.05, 0) is 32.8 Å². The Hall–Kier alpha value is -2.30. The molecule has 5 nitrogen and oxygen atoms in total. The van der Waals surface area contributed by atoms with Crippen LogP contribution < -0.4 is 10.6 Å². The third kappa shape index (κ3) is 4.62. The van der Waals surface area contributed by atoms with E-state index >= 15 is 0 Å². The van der Waals surface area contributed by atoms with Crippen LogP contribution >= 0.6 is 0 Å². The number of hydrogen-bond acceptors (Lipinski definition) is 3. The predicted octanol–water partition coefficient (Wildman–Crippen LogP) is 2.51. The van der Waals surface area contributed by atoms with Gasteiger partial charge in [0.05, 0.1) is 12.2 Å². The van der Waals surface area contributed by atoms with E-state index < -0.39 is 0 Å². The Morgan fingerprint density at radius 1 is 1.23 bits per heavy atom. The highest BCUT2D eigenvalue weighted by Gasteiger charge is 2.06.